The number of hydrogen-bond donors (Lipinski definition) is 2. The lowest BCUT2D eigenvalue weighted by Crippen LogP contribution is -2.18. The van der Waals surface area contributed by atoms with Crippen molar-refractivity contribution >= 4 is 0 Å². The second kappa shape index (κ2) is 4.70. The number of aromatic nitrogens is 3. The zero-order valence-corrected chi connectivity index (χ0v) is 8.64. The molecule has 0 amide bonds. The summed E-state index contributed by atoms with van der Waals surface area (Å²) in [6.45, 7) is 2.91. The number of rotatable bonds is 4. The number of pyridine rings is 1. The predicted octanol–water partition coefficient (Wildman–Crippen LogP) is 1.66. The molecule has 0 aliphatic rings. The van der Waals surface area contributed by atoms with Gasteiger partial charge in [0.1, 0.15) is 0 Å². The number of aromatic amines is 1. The molecule has 15 heavy (non-hydrogen) atoms. The number of nitrogens with one attached hydrogen (secondary N) is 2. The molecule has 0 unspecified atom stereocenters. The first-order valence-electron chi connectivity index (χ1n) is 4.97. The second-order valence-corrected chi connectivity index (χ2v) is 3.47. The maximum atomic E-state index is 4.09. The van der Waals surface area contributed by atoms with Crippen LogP contribution in [-0.4, -0.2) is 15.0 Å². The molecule has 1 atom stereocenters. The molecule has 0 fully saturated rings. The van der Waals surface area contributed by atoms with Crippen molar-refractivity contribution in [2.45, 2.75) is 19.5 Å². The summed E-state index contributed by atoms with van der Waals surface area (Å²) < 4.78 is 0. The van der Waals surface area contributed by atoms with E-state index in [1.165, 1.54) is 5.56 Å². The molecule has 2 rings (SSSR count). The third-order valence-corrected chi connectivity index (χ3v) is 2.34. The largest absolute Gasteiger partial charge is 0.347 e. The van der Waals surface area contributed by atoms with Crippen LogP contribution in [0.3, 0.4) is 0 Å². The van der Waals surface area contributed by atoms with Gasteiger partial charge in [-0.1, -0.05) is 6.07 Å². The van der Waals surface area contributed by atoms with Crippen molar-refractivity contribution in [3.8, 4) is 0 Å². The van der Waals surface area contributed by atoms with Crippen molar-refractivity contribution in [1.29, 1.82) is 0 Å². The number of nitrogens with zero attached hydrogens (tertiary/aromatic N) is 2. The van der Waals surface area contributed by atoms with Crippen LogP contribution in [0.4, 0.5) is 0 Å². The molecule has 0 saturated heterocycles. The van der Waals surface area contributed by atoms with Gasteiger partial charge in [-0.15, -0.1) is 0 Å². The fourth-order valence-electron chi connectivity index (χ4n) is 1.39. The topological polar surface area (TPSA) is 53.6 Å². The first kappa shape index (κ1) is 9.86. The Morgan fingerprint density at radius 2 is 2.33 bits per heavy atom. The summed E-state index contributed by atoms with van der Waals surface area (Å²) >= 11 is 0. The summed E-state index contributed by atoms with van der Waals surface area (Å²) in [6, 6.07) is 4.31. The van der Waals surface area contributed by atoms with Crippen LogP contribution in [0.25, 0.3) is 0 Å². The summed E-state index contributed by atoms with van der Waals surface area (Å²) in [5.74, 6) is 0. The van der Waals surface area contributed by atoms with Gasteiger partial charge >= 0.3 is 0 Å². The minimum absolute atomic E-state index is 0.294. The molecule has 0 aromatic carbocycles. The lowest BCUT2D eigenvalue weighted by molar-refractivity contribution is 0.567. The van der Waals surface area contributed by atoms with Gasteiger partial charge in [-0.3, -0.25) is 4.98 Å². The van der Waals surface area contributed by atoms with Crippen molar-refractivity contribution in [3.63, 3.8) is 0 Å². The average Bonchev–Trinajstić information content (AvgIpc) is 2.80. The van der Waals surface area contributed by atoms with E-state index < -0.39 is 0 Å². The molecule has 0 radical (unpaired) electrons. The van der Waals surface area contributed by atoms with Crippen molar-refractivity contribution in [2.75, 3.05) is 0 Å². The molecule has 0 spiro atoms. The van der Waals surface area contributed by atoms with E-state index in [9.17, 15) is 0 Å². The van der Waals surface area contributed by atoms with Crippen molar-refractivity contribution in [2.24, 2.45) is 0 Å². The van der Waals surface area contributed by atoms with Crippen molar-refractivity contribution in [3.05, 3.63) is 48.3 Å². The number of hydrogen-bond acceptors (Lipinski definition) is 3. The normalized spacial score (nSPS) is 12.6. The molecule has 2 aromatic heterocycles. The Balaban J connectivity index is 1.90. The quantitative estimate of drug-likeness (QED) is 0.792. The van der Waals surface area contributed by atoms with Gasteiger partial charge in [0, 0.05) is 36.9 Å². The van der Waals surface area contributed by atoms with Gasteiger partial charge in [0.25, 0.3) is 0 Å². The minimum Gasteiger partial charge on any atom is -0.347 e. The molecule has 0 aliphatic heterocycles. The second-order valence-electron chi connectivity index (χ2n) is 3.47. The molecular formula is C11H14N4. The Hall–Kier alpha value is -1.68. The minimum atomic E-state index is 0.294. The van der Waals surface area contributed by atoms with E-state index in [1.54, 1.807) is 12.5 Å². The highest BCUT2D eigenvalue weighted by molar-refractivity contribution is 5.13. The monoisotopic (exact) mass is 202 g/mol. The molecule has 0 saturated carbocycles. The van der Waals surface area contributed by atoms with Crippen LogP contribution in [0.5, 0.6) is 0 Å². The van der Waals surface area contributed by atoms with Gasteiger partial charge in [0.2, 0.25) is 0 Å². The van der Waals surface area contributed by atoms with Crippen LogP contribution < -0.4 is 5.32 Å². The maximum absolute atomic E-state index is 4.09. The lowest BCUT2D eigenvalue weighted by Gasteiger charge is -2.12. The highest BCUT2D eigenvalue weighted by atomic mass is 15.0. The van der Waals surface area contributed by atoms with E-state index in [-0.39, 0.29) is 0 Å². The summed E-state index contributed by atoms with van der Waals surface area (Å²) in [5.41, 5.74) is 2.28. The first-order chi connectivity index (χ1) is 7.36. The lowest BCUT2D eigenvalue weighted by atomic mass is 10.1. The zero-order valence-electron chi connectivity index (χ0n) is 8.64. The Bertz CT molecular complexity index is 382. The van der Waals surface area contributed by atoms with Crippen LogP contribution in [0.15, 0.2) is 37.1 Å². The van der Waals surface area contributed by atoms with E-state index in [2.05, 4.69) is 33.3 Å². The van der Waals surface area contributed by atoms with Gasteiger partial charge in [-0.2, -0.15) is 0 Å². The van der Waals surface area contributed by atoms with Crippen LogP contribution in [0.2, 0.25) is 0 Å². The van der Waals surface area contributed by atoms with E-state index in [4.69, 9.17) is 0 Å². The first-order valence-corrected chi connectivity index (χ1v) is 4.97. The summed E-state index contributed by atoms with van der Waals surface area (Å²) in [4.78, 5) is 11.1. The van der Waals surface area contributed by atoms with Crippen LogP contribution in [0, 0.1) is 0 Å². The molecule has 2 N–H and O–H groups in total. The Morgan fingerprint density at radius 3 is 3.00 bits per heavy atom. The third kappa shape index (κ3) is 2.63. The van der Waals surface area contributed by atoms with Gasteiger partial charge < -0.3 is 10.3 Å². The molecule has 78 valence electrons. The van der Waals surface area contributed by atoms with Crippen molar-refractivity contribution < 1.29 is 0 Å². The molecule has 0 bridgehead atoms. The van der Waals surface area contributed by atoms with E-state index in [0.29, 0.717) is 6.04 Å². The van der Waals surface area contributed by atoms with Crippen LogP contribution in [0.1, 0.15) is 24.2 Å². The highest BCUT2D eigenvalue weighted by Crippen LogP contribution is 2.10. The Kier molecular flexibility index (Phi) is 3.09. The van der Waals surface area contributed by atoms with Gasteiger partial charge in [-0.25, -0.2) is 4.98 Å². The fourth-order valence-corrected chi connectivity index (χ4v) is 1.39. The molecule has 2 aromatic rings. The Labute approximate surface area is 88.8 Å². The predicted molar refractivity (Wildman–Crippen MR) is 58.1 cm³/mol. The number of H-pyrrole nitrogens is 1. The molecular weight excluding hydrogens is 188 g/mol. The Morgan fingerprint density at radius 1 is 1.40 bits per heavy atom. The molecule has 2 heterocycles. The standard InChI is InChI=1S/C11H14N4/c1-9(10-3-2-4-12-5-10)14-7-11-6-13-8-15-11/h2-6,8-9,14H,7H2,1H3,(H,13,15)/t9-/m0/s1. The molecule has 4 heteroatoms. The summed E-state index contributed by atoms with van der Waals surface area (Å²) in [5, 5.41) is 3.39. The summed E-state index contributed by atoms with van der Waals surface area (Å²) in [6.07, 6.45) is 7.17. The number of imidazole rings is 1. The SMILES string of the molecule is C[C@H](NCc1cnc[nH]1)c1cccnc1. The van der Waals surface area contributed by atoms with Crippen LogP contribution in [-0.2, 0) is 6.54 Å². The highest BCUT2D eigenvalue weighted by Gasteiger charge is 2.04. The molecule has 0 aliphatic carbocycles. The van der Waals surface area contributed by atoms with E-state index in [0.717, 1.165) is 12.2 Å². The van der Waals surface area contributed by atoms with Gasteiger partial charge in [0.05, 0.1) is 6.33 Å². The summed E-state index contributed by atoms with van der Waals surface area (Å²) in [7, 11) is 0. The maximum Gasteiger partial charge on any atom is 0.0922 e. The zero-order chi connectivity index (χ0) is 10.5. The third-order valence-electron chi connectivity index (χ3n) is 2.34. The van der Waals surface area contributed by atoms with Gasteiger partial charge in [0.15, 0.2) is 0 Å². The average molecular weight is 202 g/mol. The van der Waals surface area contributed by atoms with Crippen molar-refractivity contribution in [1.82, 2.24) is 20.3 Å². The van der Waals surface area contributed by atoms with E-state index >= 15 is 0 Å². The van der Waals surface area contributed by atoms with Crippen LogP contribution >= 0.6 is 0 Å². The van der Waals surface area contributed by atoms with E-state index in [1.807, 2.05) is 18.5 Å². The fraction of sp³-hybridized carbons (Fsp3) is 0.273. The smallest absolute Gasteiger partial charge is 0.0922 e. The molecule has 4 nitrogen and oxygen atoms in total. The van der Waals surface area contributed by atoms with Gasteiger partial charge in [-0.05, 0) is 18.6 Å².